The lowest BCUT2D eigenvalue weighted by molar-refractivity contribution is -0.151. The number of piperidine rings is 1. The molecule has 4 heterocycles. The van der Waals surface area contributed by atoms with Crippen molar-refractivity contribution >= 4 is 0 Å². The van der Waals surface area contributed by atoms with E-state index in [0.717, 1.165) is 69.6 Å². The lowest BCUT2D eigenvalue weighted by Crippen LogP contribution is -2.57. The van der Waals surface area contributed by atoms with E-state index in [1.54, 1.807) is 7.11 Å². The van der Waals surface area contributed by atoms with Crippen molar-refractivity contribution < 1.29 is 18.9 Å². The summed E-state index contributed by atoms with van der Waals surface area (Å²) < 4.78 is 24.3. The second-order valence-corrected chi connectivity index (χ2v) is 8.94. The van der Waals surface area contributed by atoms with E-state index >= 15 is 0 Å². The number of hydrogen-bond acceptors (Lipinski definition) is 5. The summed E-state index contributed by atoms with van der Waals surface area (Å²) in [4.78, 5) is 2.65. The lowest BCUT2D eigenvalue weighted by atomic mass is 9.69. The van der Waals surface area contributed by atoms with E-state index in [4.69, 9.17) is 18.9 Å². The Morgan fingerprint density at radius 2 is 1.93 bits per heavy atom. The van der Waals surface area contributed by atoms with Crippen LogP contribution in [0, 0.1) is 11.8 Å². The predicted octanol–water partition coefficient (Wildman–Crippen LogP) is 3.82. The molecule has 0 bridgehead atoms. The average molecular weight is 388 g/mol. The zero-order valence-corrected chi connectivity index (χ0v) is 17.0. The zero-order chi connectivity index (χ0) is 19.0. The number of rotatable bonds is 3. The molecule has 5 nitrogen and oxygen atoms in total. The molecule has 3 fully saturated rings. The summed E-state index contributed by atoms with van der Waals surface area (Å²) in [6.45, 7) is 6.16. The van der Waals surface area contributed by atoms with Crippen LogP contribution in [0.25, 0.3) is 0 Å². The normalized spacial score (nSPS) is 30.3. The van der Waals surface area contributed by atoms with E-state index in [1.807, 2.05) is 6.07 Å². The Balaban J connectivity index is 1.35. The summed E-state index contributed by atoms with van der Waals surface area (Å²) in [7, 11) is 1.73. The van der Waals surface area contributed by atoms with Crippen molar-refractivity contribution in [3.63, 3.8) is 0 Å². The molecule has 3 saturated heterocycles. The summed E-state index contributed by atoms with van der Waals surface area (Å²) >= 11 is 0. The molecule has 5 rings (SSSR count). The first-order valence-corrected chi connectivity index (χ1v) is 11.1. The number of hydrogen-bond donors (Lipinski definition) is 0. The first kappa shape index (κ1) is 18.7. The fourth-order valence-corrected chi connectivity index (χ4v) is 5.81. The van der Waals surface area contributed by atoms with Crippen molar-refractivity contribution in [2.24, 2.45) is 11.8 Å². The standard InChI is InChI=1S/C23H33NO4/c1-25-20-6-2-4-18-21-19(5-3-13-27-21)23(28-22(18)20)9-11-24(12-10-23)16-17-7-14-26-15-8-17/h2,4,6,17,19,21H,3,5,7-16H2,1H3/t19-,21+/m0/s1. The van der Waals surface area contributed by atoms with Crippen LogP contribution in [0.3, 0.4) is 0 Å². The minimum absolute atomic E-state index is 0.112. The summed E-state index contributed by atoms with van der Waals surface area (Å²) in [6.07, 6.45) is 7.06. The van der Waals surface area contributed by atoms with Gasteiger partial charge in [-0.15, -0.1) is 0 Å². The number of benzene rings is 1. The van der Waals surface area contributed by atoms with Crippen molar-refractivity contribution in [2.45, 2.75) is 50.2 Å². The third kappa shape index (κ3) is 3.31. The topological polar surface area (TPSA) is 40.2 Å². The first-order valence-electron chi connectivity index (χ1n) is 11.1. The van der Waals surface area contributed by atoms with Gasteiger partial charge in [0.2, 0.25) is 0 Å². The van der Waals surface area contributed by atoms with E-state index in [2.05, 4.69) is 17.0 Å². The monoisotopic (exact) mass is 387 g/mol. The summed E-state index contributed by atoms with van der Waals surface area (Å²) in [5.41, 5.74) is 1.07. The molecule has 0 saturated carbocycles. The molecule has 1 aromatic rings. The van der Waals surface area contributed by atoms with E-state index in [0.29, 0.717) is 5.92 Å². The molecule has 0 aromatic heterocycles. The van der Waals surface area contributed by atoms with Crippen LogP contribution >= 0.6 is 0 Å². The van der Waals surface area contributed by atoms with Gasteiger partial charge in [-0.3, -0.25) is 0 Å². The number of nitrogens with zero attached hydrogens (tertiary/aromatic N) is 1. The number of ether oxygens (including phenoxy) is 4. The van der Waals surface area contributed by atoms with Crippen LogP contribution in [-0.4, -0.2) is 57.1 Å². The fraction of sp³-hybridized carbons (Fsp3) is 0.739. The Hall–Kier alpha value is -1.30. The largest absolute Gasteiger partial charge is 0.493 e. The predicted molar refractivity (Wildman–Crippen MR) is 107 cm³/mol. The van der Waals surface area contributed by atoms with Gasteiger partial charge in [-0.25, -0.2) is 0 Å². The van der Waals surface area contributed by atoms with Crippen LogP contribution in [0.1, 0.15) is 50.2 Å². The van der Waals surface area contributed by atoms with Gasteiger partial charge in [-0.05, 0) is 37.7 Å². The molecule has 0 radical (unpaired) electrons. The second kappa shape index (κ2) is 7.85. The van der Waals surface area contributed by atoms with Crippen molar-refractivity contribution in [1.82, 2.24) is 4.90 Å². The zero-order valence-electron chi connectivity index (χ0n) is 17.0. The Morgan fingerprint density at radius 1 is 1.11 bits per heavy atom. The van der Waals surface area contributed by atoms with Crippen LogP contribution < -0.4 is 9.47 Å². The molecule has 1 spiro atoms. The number of methoxy groups -OCH3 is 1. The van der Waals surface area contributed by atoms with Crippen LogP contribution in [0.15, 0.2) is 18.2 Å². The second-order valence-electron chi connectivity index (χ2n) is 8.94. The minimum atomic E-state index is -0.112. The lowest BCUT2D eigenvalue weighted by Gasteiger charge is -2.53. The maximum absolute atomic E-state index is 6.84. The van der Waals surface area contributed by atoms with Gasteiger partial charge < -0.3 is 23.8 Å². The van der Waals surface area contributed by atoms with E-state index in [-0.39, 0.29) is 11.7 Å². The Bertz CT molecular complexity index is 679. The summed E-state index contributed by atoms with van der Waals surface area (Å²) in [5, 5.41) is 0. The third-order valence-corrected chi connectivity index (χ3v) is 7.40. The van der Waals surface area contributed by atoms with Crippen molar-refractivity contribution in [3.8, 4) is 11.5 Å². The summed E-state index contributed by atoms with van der Waals surface area (Å²) in [5.74, 6) is 3.01. The quantitative estimate of drug-likeness (QED) is 0.789. The molecule has 28 heavy (non-hydrogen) atoms. The molecule has 2 atom stereocenters. The van der Waals surface area contributed by atoms with Crippen LogP contribution in [0.4, 0.5) is 0 Å². The third-order valence-electron chi connectivity index (χ3n) is 7.40. The molecule has 154 valence electrons. The maximum Gasteiger partial charge on any atom is 0.167 e. The van der Waals surface area contributed by atoms with E-state index < -0.39 is 0 Å². The molecular formula is C23H33NO4. The van der Waals surface area contributed by atoms with Crippen molar-refractivity contribution in [1.29, 1.82) is 0 Å². The molecule has 4 aliphatic heterocycles. The Kier molecular flexibility index (Phi) is 5.24. The SMILES string of the molecule is COc1cccc2c1OC1(CCN(CC3CCOCC3)CC1)[C@H]1CCCO[C@H]21. The Morgan fingerprint density at radius 3 is 2.71 bits per heavy atom. The van der Waals surface area contributed by atoms with Crippen molar-refractivity contribution in [2.75, 3.05) is 46.6 Å². The summed E-state index contributed by atoms with van der Waals surface area (Å²) in [6, 6.07) is 6.23. The smallest absolute Gasteiger partial charge is 0.167 e. The molecule has 0 amide bonds. The molecule has 4 aliphatic rings. The van der Waals surface area contributed by atoms with Crippen LogP contribution in [0.2, 0.25) is 0 Å². The molecule has 1 aromatic carbocycles. The average Bonchev–Trinajstić information content (AvgIpc) is 2.76. The van der Waals surface area contributed by atoms with E-state index in [1.165, 1.54) is 31.4 Å². The maximum atomic E-state index is 6.84. The van der Waals surface area contributed by atoms with Crippen LogP contribution in [0.5, 0.6) is 11.5 Å². The fourth-order valence-electron chi connectivity index (χ4n) is 5.81. The highest BCUT2D eigenvalue weighted by atomic mass is 16.5. The first-order chi connectivity index (χ1) is 13.8. The number of likely N-dealkylation sites (tertiary alicyclic amines) is 1. The molecular weight excluding hydrogens is 354 g/mol. The number of para-hydroxylation sites is 1. The molecule has 5 heteroatoms. The van der Waals surface area contributed by atoms with E-state index in [9.17, 15) is 0 Å². The van der Waals surface area contributed by atoms with Gasteiger partial charge in [0.15, 0.2) is 11.5 Å². The van der Waals surface area contributed by atoms with Gasteiger partial charge in [0, 0.05) is 63.8 Å². The van der Waals surface area contributed by atoms with Gasteiger partial charge in [0.05, 0.1) is 13.2 Å². The molecule has 0 N–H and O–H groups in total. The highest BCUT2D eigenvalue weighted by molar-refractivity contribution is 5.50. The van der Waals surface area contributed by atoms with Gasteiger partial charge in [-0.1, -0.05) is 12.1 Å². The number of fused-ring (bicyclic) bond motifs is 4. The van der Waals surface area contributed by atoms with Gasteiger partial charge >= 0.3 is 0 Å². The highest BCUT2D eigenvalue weighted by Gasteiger charge is 2.53. The molecule has 0 unspecified atom stereocenters. The van der Waals surface area contributed by atoms with Gasteiger partial charge in [0.1, 0.15) is 5.60 Å². The van der Waals surface area contributed by atoms with Crippen LogP contribution in [-0.2, 0) is 9.47 Å². The Labute approximate surface area is 168 Å². The minimum Gasteiger partial charge on any atom is -0.493 e. The molecule has 0 aliphatic carbocycles. The van der Waals surface area contributed by atoms with Crippen molar-refractivity contribution in [3.05, 3.63) is 23.8 Å². The highest BCUT2D eigenvalue weighted by Crippen LogP contribution is 2.55. The van der Waals surface area contributed by atoms with Gasteiger partial charge in [0.25, 0.3) is 0 Å². The van der Waals surface area contributed by atoms with Gasteiger partial charge in [-0.2, -0.15) is 0 Å².